The van der Waals surface area contributed by atoms with Crippen LogP contribution in [0.3, 0.4) is 0 Å². The Morgan fingerprint density at radius 3 is 2.42 bits per heavy atom. The number of fused-ring (bicyclic) bond motifs is 2. The van der Waals surface area contributed by atoms with E-state index in [1.807, 2.05) is 0 Å². The molecule has 1 saturated carbocycles. The van der Waals surface area contributed by atoms with Crippen LogP contribution in [-0.4, -0.2) is 55.3 Å². The predicted molar refractivity (Wildman–Crippen MR) is 97.1 cm³/mol. The number of allylic oxidation sites excluding steroid dienone is 2. The van der Waals surface area contributed by atoms with Gasteiger partial charge in [-0.25, -0.2) is 8.42 Å². The second kappa shape index (κ2) is 6.75. The predicted octanol–water partition coefficient (Wildman–Crippen LogP) is 2.11. The number of nitrogens with zero attached hydrogens (tertiary/aromatic N) is 3. The van der Waals surface area contributed by atoms with Gasteiger partial charge in [-0.2, -0.15) is 4.31 Å². The van der Waals surface area contributed by atoms with E-state index in [-0.39, 0.29) is 10.6 Å². The molecule has 3 aliphatic rings. The summed E-state index contributed by atoms with van der Waals surface area (Å²) in [5.74, 6) is 2.11. The van der Waals surface area contributed by atoms with Gasteiger partial charge in [0.15, 0.2) is 4.90 Å². The van der Waals surface area contributed by atoms with Crippen LogP contribution in [0, 0.1) is 27.9 Å². The fraction of sp³-hybridized carbons (Fsp3) is 0.556. The van der Waals surface area contributed by atoms with Crippen LogP contribution in [0.15, 0.2) is 41.3 Å². The SMILES string of the molecule is O=[N+]([O-])c1ccccc1S(=O)(=O)N1CCN(C[C@H]2C[C@H]3C=C[C@@H]2C3)CC1. The van der Waals surface area contributed by atoms with Crippen molar-refractivity contribution >= 4 is 15.7 Å². The molecule has 0 unspecified atom stereocenters. The summed E-state index contributed by atoms with van der Waals surface area (Å²) < 4.78 is 27.1. The summed E-state index contributed by atoms with van der Waals surface area (Å²) in [6.45, 7) is 3.13. The smallest absolute Gasteiger partial charge is 0.289 e. The van der Waals surface area contributed by atoms with E-state index in [1.54, 1.807) is 0 Å². The molecule has 2 aliphatic carbocycles. The number of para-hydroxylation sites is 1. The standard InChI is InChI=1S/C18H23N3O4S/c22-21(23)17-3-1-2-4-18(17)26(24,25)20-9-7-19(8-10-20)13-16-12-14-5-6-15(16)11-14/h1-6,14-16H,7-13H2/t14-,15+,16+/m0/s1. The number of rotatable bonds is 5. The zero-order valence-corrected chi connectivity index (χ0v) is 15.3. The molecule has 0 amide bonds. The average Bonchev–Trinajstić information content (AvgIpc) is 3.25. The number of hydrogen-bond acceptors (Lipinski definition) is 5. The maximum Gasteiger partial charge on any atom is 0.289 e. The summed E-state index contributed by atoms with van der Waals surface area (Å²) >= 11 is 0. The van der Waals surface area contributed by atoms with Gasteiger partial charge in [0.25, 0.3) is 5.69 Å². The van der Waals surface area contributed by atoms with Crippen LogP contribution in [0.1, 0.15) is 12.8 Å². The number of nitro benzene ring substituents is 1. The van der Waals surface area contributed by atoms with Gasteiger partial charge in [-0.15, -0.1) is 0 Å². The van der Waals surface area contributed by atoms with Gasteiger partial charge in [0.1, 0.15) is 0 Å². The highest BCUT2D eigenvalue weighted by Gasteiger charge is 2.38. The molecule has 140 valence electrons. The van der Waals surface area contributed by atoms with Crippen molar-refractivity contribution in [1.29, 1.82) is 0 Å². The van der Waals surface area contributed by atoms with Crippen molar-refractivity contribution in [3.8, 4) is 0 Å². The van der Waals surface area contributed by atoms with Crippen molar-refractivity contribution in [3.05, 3.63) is 46.5 Å². The normalized spacial score (nSPS) is 29.3. The Morgan fingerprint density at radius 2 is 1.81 bits per heavy atom. The summed E-state index contributed by atoms with van der Waals surface area (Å²) in [5, 5.41) is 11.2. The van der Waals surface area contributed by atoms with E-state index in [1.165, 1.54) is 41.4 Å². The zero-order chi connectivity index (χ0) is 18.3. The first-order valence-electron chi connectivity index (χ1n) is 9.09. The number of benzene rings is 1. The Bertz CT molecular complexity index is 831. The van der Waals surface area contributed by atoms with Gasteiger partial charge in [-0.05, 0) is 36.7 Å². The van der Waals surface area contributed by atoms with Crippen LogP contribution < -0.4 is 0 Å². The molecule has 0 aromatic heterocycles. The third-order valence-electron chi connectivity index (χ3n) is 5.92. The zero-order valence-electron chi connectivity index (χ0n) is 14.5. The second-order valence-corrected chi connectivity index (χ2v) is 9.38. The van der Waals surface area contributed by atoms with Crippen LogP contribution >= 0.6 is 0 Å². The quantitative estimate of drug-likeness (QED) is 0.446. The molecule has 0 N–H and O–H groups in total. The molecular formula is C18H23N3O4S. The van der Waals surface area contributed by atoms with Gasteiger partial charge in [0, 0.05) is 38.8 Å². The summed E-state index contributed by atoms with van der Waals surface area (Å²) in [5.41, 5.74) is -0.358. The Labute approximate surface area is 153 Å². The van der Waals surface area contributed by atoms with E-state index in [0.717, 1.165) is 12.5 Å². The Balaban J connectivity index is 1.41. The molecule has 3 atom stereocenters. The summed E-state index contributed by atoms with van der Waals surface area (Å²) in [6, 6.07) is 5.57. The van der Waals surface area contributed by atoms with E-state index in [0.29, 0.717) is 38.0 Å². The van der Waals surface area contributed by atoms with Crippen LogP contribution in [0.5, 0.6) is 0 Å². The molecule has 4 rings (SSSR count). The molecule has 26 heavy (non-hydrogen) atoms. The minimum atomic E-state index is -3.84. The lowest BCUT2D eigenvalue weighted by atomic mass is 9.93. The molecule has 1 aromatic rings. The van der Waals surface area contributed by atoms with Gasteiger partial charge in [-0.1, -0.05) is 24.3 Å². The van der Waals surface area contributed by atoms with Crippen molar-refractivity contribution in [2.75, 3.05) is 32.7 Å². The van der Waals surface area contributed by atoms with Crippen molar-refractivity contribution < 1.29 is 13.3 Å². The average molecular weight is 377 g/mol. The number of sulfonamides is 1. The van der Waals surface area contributed by atoms with Gasteiger partial charge < -0.3 is 4.90 Å². The molecule has 1 aliphatic heterocycles. The van der Waals surface area contributed by atoms with E-state index >= 15 is 0 Å². The Morgan fingerprint density at radius 1 is 1.08 bits per heavy atom. The highest BCUT2D eigenvalue weighted by molar-refractivity contribution is 7.89. The third-order valence-corrected chi connectivity index (χ3v) is 7.87. The molecule has 1 heterocycles. The minimum absolute atomic E-state index is 0.211. The molecule has 1 aromatic carbocycles. The first-order valence-corrected chi connectivity index (χ1v) is 10.5. The summed E-state index contributed by atoms with van der Waals surface area (Å²) in [4.78, 5) is 12.7. The van der Waals surface area contributed by atoms with Crippen molar-refractivity contribution in [3.63, 3.8) is 0 Å². The topological polar surface area (TPSA) is 83.8 Å². The summed E-state index contributed by atoms with van der Waals surface area (Å²) in [7, 11) is -3.84. The van der Waals surface area contributed by atoms with E-state index < -0.39 is 14.9 Å². The molecule has 1 saturated heterocycles. The lowest BCUT2D eigenvalue weighted by Crippen LogP contribution is -2.50. The highest BCUT2D eigenvalue weighted by atomic mass is 32.2. The van der Waals surface area contributed by atoms with E-state index in [4.69, 9.17) is 0 Å². The molecule has 0 spiro atoms. The largest absolute Gasteiger partial charge is 0.300 e. The van der Waals surface area contributed by atoms with Gasteiger partial charge in [0.2, 0.25) is 10.0 Å². The van der Waals surface area contributed by atoms with E-state index in [2.05, 4.69) is 17.1 Å². The fourth-order valence-corrected chi connectivity index (χ4v) is 6.13. The maximum absolute atomic E-state index is 12.9. The first kappa shape index (κ1) is 17.6. The van der Waals surface area contributed by atoms with Crippen LogP contribution in [-0.2, 0) is 10.0 Å². The van der Waals surface area contributed by atoms with Gasteiger partial charge in [0.05, 0.1) is 4.92 Å². The van der Waals surface area contributed by atoms with Gasteiger partial charge >= 0.3 is 0 Å². The molecule has 2 fully saturated rings. The third kappa shape index (κ3) is 3.17. The maximum atomic E-state index is 12.9. The van der Waals surface area contributed by atoms with Crippen LogP contribution in [0.25, 0.3) is 0 Å². The van der Waals surface area contributed by atoms with Crippen molar-refractivity contribution in [2.24, 2.45) is 17.8 Å². The van der Waals surface area contributed by atoms with Gasteiger partial charge in [-0.3, -0.25) is 10.1 Å². The monoisotopic (exact) mass is 377 g/mol. The lowest BCUT2D eigenvalue weighted by Gasteiger charge is -2.36. The molecule has 8 heteroatoms. The van der Waals surface area contributed by atoms with E-state index in [9.17, 15) is 18.5 Å². The number of piperazine rings is 1. The highest BCUT2D eigenvalue weighted by Crippen LogP contribution is 2.43. The number of hydrogen-bond donors (Lipinski definition) is 0. The minimum Gasteiger partial charge on any atom is -0.300 e. The summed E-state index contributed by atoms with van der Waals surface area (Å²) in [6.07, 6.45) is 7.19. The van der Waals surface area contributed by atoms with Crippen LogP contribution in [0.4, 0.5) is 5.69 Å². The second-order valence-electron chi connectivity index (χ2n) is 7.47. The van der Waals surface area contributed by atoms with Crippen LogP contribution in [0.2, 0.25) is 0 Å². The van der Waals surface area contributed by atoms with Crippen molar-refractivity contribution in [2.45, 2.75) is 17.7 Å². The lowest BCUT2D eigenvalue weighted by molar-refractivity contribution is -0.387. The Kier molecular flexibility index (Phi) is 4.58. The molecule has 2 bridgehead atoms. The fourth-order valence-electron chi connectivity index (χ4n) is 4.55. The Hall–Kier alpha value is -1.77. The molecule has 0 radical (unpaired) electrons. The molecule has 7 nitrogen and oxygen atoms in total. The first-order chi connectivity index (χ1) is 12.4. The van der Waals surface area contributed by atoms with Crippen molar-refractivity contribution in [1.82, 2.24) is 9.21 Å². The number of nitro groups is 1. The molecular weight excluding hydrogens is 354 g/mol.